The van der Waals surface area contributed by atoms with Crippen molar-refractivity contribution in [2.45, 2.75) is 32.8 Å². The smallest absolute Gasteiger partial charge is 0.356 e. The summed E-state index contributed by atoms with van der Waals surface area (Å²) >= 11 is 0. The second kappa shape index (κ2) is 5.71. The van der Waals surface area contributed by atoms with Crippen LogP contribution in [0.5, 0.6) is 0 Å². The molecular weight excluding hydrogens is 246 g/mol. The molecule has 2 aromatic rings. The molecule has 6 nitrogen and oxygen atoms in total. The lowest BCUT2D eigenvalue weighted by molar-refractivity contribution is 0.0691. The van der Waals surface area contributed by atoms with Crippen LogP contribution >= 0.6 is 0 Å². The summed E-state index contributed by atoms with van der Waals surface area (Å²) in [5.74, 6) is -0.737. The summed E-state index contributed by atoms with van der Waals surface area (Å²) in [5, 5.41) is 18.5. The highest BCUT2D eigenvalue weighted by Gasteiger charge is 2.19. The maximum absolute atomic E-state index is 11.2. The van der Waals surface area contributed by atoms with E-state index >= 15 is 0 Å². The van der Waals surface area contributed by atoms with Crippen molar-refractivity contribution in [2.24, 2.45) is 0 Å². The topological polar surface area (TPSA) is 91.1 Å². The highest BCUT2D eigenvalue weighted by molar-refractivity contribution is 5.89. The predicted octanol–water partition coefficient (Wildman–Crippen LogP) is 1.73. The summed E-state index contributed by atoms with van der Waals surface area (Å²) < 4.78 is 1.72. The van der Waals surface area contributed by atoms with Gasteiger partial charge in [0.25, 0.3) is 0 Å². The number of aromatic nitrogens is 3. The molecular formula is C13H17N3O3. The highest BCUT2D eigenvalue weighted by Crippen LogP contribution is 2.20. The number of aryl methyl sites for hydroxylation is 1. The molecule has 0 aliphatic heterocycles. The van der Waals surface area contributed by atoms with E-state index in [0.717, 1.165) is 25.0 Å². The number of carboxylic acid groups (broad SMARTS) is 1. The van der Waals surface area contributed by atoms with Crippen LogP contribution in [0.3, 0.4) is 0 Å². The van der Waals surface area contributed by atoms with Crippen molar-refractivity contribution in [3.05, 3.63) is 35.5 Å². The van der Waals surface area contributed by atoms with Gasteiger partial charge in [-0.25, -0.2) is 9.78 Å². The maximum atomic E-state index is 11.2. The number of rotatable bonds is 6. The molecule has 3 N–H and O–H groups in total. The van der Waals surface area contributed by atoms with E-state index in [2.05, 4.69) is 16.9 Å². The first-order chi connectivity index (χ1) is 9.19. The molecule has 2 heterocycles. The number of aromatic amines is 1. The van der Waals surface area contributed by atoms with Gasteiger partial charge in [0.2, 0.25) is 0 Å². The number of unbranched alkanes of at least 4 members (excludes halogenated alkanes) is 1. The van der Waals surface area contributed by atoms with Crippen molar-refractivity contribution in [1.29, 1.82) is 0 Å². The average Bonchev–Trinajstić information content (AvgIpc) is 3.01. The van der Waals surface area contributed by atoms with Gasteiger partial charge in [-0.3, -0.25) is 4.57 Å². The molecule has 0 aliphatic carbocycles. The van der Waals surface area contributed by atoms with Crippen molar-refractivity contribution in [2.75, 3.05) is 0 Å². The van der Waals surface area contributed by atoms with Crippen LogP contribution in [0.2, 0.25) is 0 Å². The van der Waals surface area contributed by atoms with Crippen LogP contribution in [0.1, 0.15) is 41.6 Å². The zero-order valence-electron chi connectivity index (χ0n) is 10.8. The summed E-state index contributed by atoms with van der Waals surface area (Å²) in [7, 11) is 0. The molecule has 0 radical (unpaired) electrons. The first-order valence-electron chi connectivity index (χ1n) is 6.26. The number of hydrogen-bond acceptors (Lipinski definition) is 3. The molecule has 102 valence electrons. The van der Waals surface area contributed by atoms with Crippen molar-refractivity contribution in [3.63, 3.8) is 0 Å². The number of H-pyrrole nitrogens is 1. The van der Waals surface area contributed by atoms with Crippen LogP contribution in [0.25, 0.3) is 5.82 Å². The minimum absolute atomic E-state index is 0.0312. The molecule has 0 saturated heterocycles. The van der Waals surface area contributed by atoms with Gasteiger partial charge in [0.05, 0.1) is 12.9 Å². The summed E-state index contributed by atoms with van der Waals surface area (Å²) in [5.41, 5.74) is 1.63. The standard InChI is InChI=1S/C13H17N3O3/c1-2-3-4-9-5-6-10(7-17)16(9)12-11(13(18)19)14-8-15-12/h5-6,8,17H,2-4,7H2,1H3,(H,14,15)(H,18,19). The first kappa shape index (κ1) is 13.4. The number of nitrogens with zero attached hydrogens (tertiary/aromatic N) is 2. The Balaban J connectivity index is 2.49. The molecule has 0 bridgehead atoms. The van der Waals surface area contributed by atoms with E-state index in [-0.39, 0.29) is 12.3 Å². The third-order valence-electron chi connectivity index (χ3n) is 3.04. The van der Waals surface area contributed by atoms with Gasteiger partial charge in [-0.15, -0.1) is 0 Å². The van der Waals surface area contributed by atoms with E-state index < -0.39 is 5.97 Å². The van der Waals surface area contributed by atoms with E-state index in [0.29, 0.717) is 11.5 Å². The van der Waals surface area contributed by atoms with Crippen molar-refractivity contribution >= 4 is 5.97 Å². The van der Waals surface area contributed by atoms with Crippen LogP contribution in [0, 0.1) is 0 Å². The summed E-state index contributed by atoms with van der Waals surface area (Å²) in [6, 6.07) is 3.70. The number of carboxylic acids is 1. The fourth-order valence-electron chi connectivity index (χ4n) is 2.09. The van der Waals surface area contributed by atoms with Gasteiger partial charge in [-0.05, 0) is 25.0 Å². The zero-order chi connectivity index (χ0) is 13.8. The third-order valence-corrected chi connectivity index (χ3v) is 3.04. The second-order valence-corrected chi connectivity index (χ2v) is 4.32. The molecule has 2 rings (SSSR count). The Bertz CT molecular complexity index is 571. The van der Waals surface area contributed by atoms with Crippen molar-refractivity contribution in [3.8, 4) is 5.82 Å². The molecule has 0 saturated carbocycles. The van der Waals surface area contributed by atoms with Crippen LogP contribution in [0.4, 0.5) is 0 Å². The van der Waals surface area contributed by atoms with E-state index in [1.54, 1.807) is 10.6 Å². The fourth-order valence-corrected chi connectivity index (χ4v) is 2.09. The molecule has 0 atom stereocenters. The van der Waals surface area contributed by atoms with Crippen LogP contribution < -0.4 is 0 Å². The lowest BCUT2D eigenvalue weighted by atomic mass is 10.2. The molecule has 2 aromatic heterocycles. The fraction of sp³-hybridized carbons (Fsp3) is 0.385. The molecule has 0 amide bonds. The van der Waals surface area contributed by atoms with E-state index in [4.69, 9.17) is 5.11 Å². The average molecular weight is 263 g/mol. The molecule has 19 heavy (non-hydrogen) atoms. The van der Waals surface area contributed by atoms with Gasteiger partial charge in [0, 0.05) is 11.4 Å². The monoisotopic (exact) mass is 263 g/mol. The molecule has 0 unspecified atom stereocenters. The van der Waals surface area contributed by atoms with Gasteiger partial charge in [0.15, 0.2) is 11.5 Å². The Labute approximate surface area is 110 Å². The number of aromatic carboxylic acids is 1. The summed E-state index contributed by atoms with van der Waals surface area (Å²) in [6.07, 6.45) is 4.22. The normalized spacial score (nSPS) is 10.8. The summed E-state index contributed by atoms with van der Waals surface area (Å²) in [6.45, 7) is 1.94. The molecule has 0 spiro atoms. The molecule has 0 fully saturated rings. The number of aliphatic hydroxyl groups is 1. The lowest BCUT2D eigenvalue weighted by Crippen LogP contribution is -2.10. The van der Waals surface area contributed by atoms with Gasteiger partial charge < -0.3 is 15.2 Å². The second-order valence-electron chi connectivity index (χ2n) is 4.32. The molecule has 6 heteroatoms. The summed E-state index contributed by atoms with van der Waals surface area (Å²) in [4.78, 5) is 17.8. The minimum Gasteiger partial charge on any atom is -0.476 e. The SMILES string of the molecule is CCCCc1ccc(CO)n1-c1nc[nH]c1C(=O)O. The number of nitrogens with one attached hydrogen (secondary N) is 1. The quantitative estimate of drug-likeness (QED) is 0.740. The number of carbonyl (C=O) groups is 1. The van der Waals surface area contributed by atoms with Gasteiger partial charge in [0.1, 0.15) is 0 Å². The Morgan fingerprint density at radius 3 is 2.79 bits per heavy atom. The number of aliphatic hydroxyl groups excluding tert-OH is 1. The Hall–Kier alpha value is -2.08. The van der Waals surface area contributed by atoms with Gasteiger partial charge >= 0.3 is 5.97 Å². The maximum Gasteiger partial charge on any atom is 0.356 e. The van der Waals surface area contributed by atoms with E-state index in [1.807, 2.05) is 6.07 Å². The highest BCUT2D eigenvalue weighted by atomic mass is 16.4. The molecule has 0 aliphatic rings. The molecule has 0 aromatic carbocycles. The number of hydrogen-bond donors (Lipinski definition) is 3. The van der Waals surface area contributed by atoms with Gasteiger partial charge in [-0.2, -0.15) is 0 Å². The minimum atomic E-state index is -1.06. The number of imidazole rings is 1. The largest absolute Gasteiger partial charge is 0.476 e. The van der Waals surface area contributed by atoms with Crippen LogP contribution in [0.15, 0.2) is 18.5 Å². The van der Waals surface area contributed by atoms with Crippen LogP contribution in [-0.4, -0.2) is 30.7 Å². The van der Waals surface area contributed by atoms with E-state index in [9.17, 15) is 9.90 Å². The van der Waals surface area contributed by atoms with Crippen molar-refractivity contribution in [1.82, 2.24) is 14.5 Å². The zero-order valence-corrected chi connectivity index (χ0v) is 10.8. The van der Waals surface area contributed by atoms with Crippen molar-refractivity contribution < 1.29 is 15.0 Å². The van der Waals surface area contributed by atoms with Crippen LogP contribution in [-0.2, 0) is 13.0 Å². The Morgan fingerprint density at radius 2 is 2.16 bits per heavy atom. The third kappa shape index (κ3) is 2.53. The lowest BCUT2D eigenvalue weighted by Gasteiger charge is -2.10. The predicted molar refractivity (Wildman–Crippen MR) is 69.4 cm³/mol. The first-order valence-corrected chi connectivity index (χ1v) is 6.26. The Kier molecular flexibility index (Phi) is 4.01. The van der Waals surface area contributed by atoms with Gasteiger partial charge in [-0.1, -0.05) is 13.3 Å². The van der Waals surface area contributed by atoms with E-state index in [1.165, 1.54) is 6.33 Å². The Morgan fingerprint density at radius 1 is 1.42 bits per heavy atom.